The molecule has 2 heterocycles. The van der Waals surface area contributed by atoms with E-state index in [1.807, 2.05) is 6.20 Å². The van der Waals surface area contributed by atoms with Gasteiger partial charge in [-0.25, -0.2) is 4.98 Å². The first kappa shape index (κ1) is 14.8. The molecule has 0 radical (unpaired) electrons. The van der Waals surface area contributed by atoms with Crippen molar-refractivity contribution in [1.82, 2.24) is 4.98 Å². The number of aromatic nitrogens is 1. The van der Waals surface area contributed by atoms with E-state index < -0.39 is 0 Å². The van der Waals surface area contributed by atoms with Crippen molar-refractivity contribution in [3.8, 4) is 0 Å². The minimum atomic E-state index is 0.552. The van der Waals surface area contributed by atoms with Crippen molar-refractivity contribution in [3.05, 3.63) is 22.3 Å². The quantitative estimate of drug-likeness (QED) is 0.917. The first-order chi connectivity index (χ1) is 9.24. The van der Waals surface area contributed by atoms with E-state index in [-0.39, 0.29) is 0 Å². The van der Waals surface area contributed by atoms with Crippen LogP contribution in [-0.2, 0) is 6.54 Å². The third-order valence-corrected chi connectivity index (χ3v) is 4.41. The van der Waals surface area contributed by atoms with Crippen LogP contribution in [0, 0.1) is 5.92 Å². The molecule has 1 fully saturated rings. The van der Waals surface area contributed by atoms with Crippen LogP contribution in [-0.4, -0.2) is 18.1 Å². The molecule has 1 atom stereocenters. The molecule has 1 aliphatic heterocycles. The molecule has 0 aliphatic carbocycles. The number of pyridine rings is 1. The zero-order chi connectivity index (χ0) is 13.7. The van der Waals surface area contributed by atoms with Crippen molar-refractivity contribution in [3.63, 3.8) is 0 Å². The molecule has 0 aromatic carbocycles. The van der Waals surface area contributed by atoms with Gasteiger partial charge in [-0.15, -0.1) is 0 Å². The van der Waals surface area contributed by atoms with Gasteiger partial charge in [-0.1, -0.05) is 19.8 Å². The van der Waals surface area contributed by atoms with Gasteiger partial charge >= 0.3 is 0 Å². The SMILES string of the molecule is CCCC1CCCN(c2ncc(Br)cc2CN)CC1. The minimum absolute atomic E-state index is 0.552. The van der Waals surface area contributed by atoms with Gasteiger partial charge in [0.25, 0.3) is 0 Å². The molecule has 3 nitrogen and oxygen atoms in total. The summed E-state index contributed by atoms with van der Waals surface area (Å²) in [5, 5.41) is 0. The Hall–Kier alpha value is -0.610. The Bertz CT molecular complexity index is 408. The zero-order valence-corrected chi connectivity index (χ0v) is 13.3. The van der Waals surface area contributed by atoms with Gasteiger partial charge < -0.3 is 10.6 Å². The minimum Gasteiger partial charge on any atom is -0.356 e. The van der Waals surface area contributed by atoms with Crippen LogP contribution >= 0.6 is 15.9 Å². The van der Waals surface area contributed by atoms with Crippen LogP contribution in [0.5, 0.6) is 0 Å². The molecule has 4 heteroatoms. The number of anilines is 1. The lowest BCUT2D eigenvalue weighted by molar-refractivity contribution is 0.435. The van der Waals surface area contributed by atoms with Crippen LogP contribution in [0.25, 0.3) is 0 Å². The summed E-state index contributed by atoms with van der Waals surface area (Å²) in [7, 11) is 0. The normalized spacial score (nSPS) is 20.4. The average Bonchev–Trinajstić information content (AvgIpc) is 2.65. The Morgan fingerprint density at radius 2 is 2.26 bits per heavy atom. The number of hydrogen-bond donors (Lipinski definition) is 1. The third-order valence-electron chi connectivity index (χ3n) is 3.97. The highest BCUT2D eigenvalue weighted by molar-refractivity contribution is 9.10. The lowest BCUT2D eigenvalue weighted by Crippen LogP contribution is -2.27. The number of hydrogen-bond acceptors (Lipinski definition) is 3. The average molecular weight is 326 g/mol. The van der Waals surface area contributed by atoms with Crippen molar-refractivity contribution in [2.24, 2.45) is 11.7 Å². The maximum Gasteiger partial charge on any atom is 0.133 e. The molecular weight excluding hydrogens is 302 g/mol. The first-order valence-corrected chi connectivity index (χ1v) is 8.13. The highest BCUT2D eigenvalue weighted by atomic mass is 79.9. The Balaban J connectivity index is 2.09. The summed E-state index contributed by atoms with van der Waals surface area (Å²) in [6, 6.07) is 2.09. The summed E-state index contributed by atoms with van der Waals surface area (Å²) in [5.74, 6) is 1.98. The molecule has 1 aromatic heterocycles. The van der Waals surface area contributed by atoms with Gasteiger partial charge in [0.15, 0.2) is 0 Å². The Morgan fingerprint density at radius 3 is 3.00 bits per heavy atom. The van der Waals surface area contributed by atoms with Crippen molar-refractivity contribution >= 4 is 21.7 Å². The molecule has 1 unspecified atom stereocenters. The van der Waals surface area contributed by atoms with Gasteiger partial charge in [-0.2, -0.15) is 0 Å². The van der Waals surface area contributed by atoms with E-state index in [1.54, 1.807) is 0 Å². The molecule has 0 amide bonds. The molecule has 0 bridgehead atoms. The Kier molecular flexibility index (Phi) is 5.64. The summed E-state index contributed by atoms with van der Waals surface area (Å²) in [6.07, 6.45) is 8.46. The molecule has 106 valence electrons. The number of rotatable bonds is 4. The summed E-state index contributed by atoms with van der Waals surface area (Å²) in [5.41, 5.74) is 6.99. The van der Waals surface area contributed by atoms with Crippen molar-refractivity contribution < 1.29 is 0 Å². The fraction of sp³-hybridized carbons (Fsp3) is 0.667. The van der Waals surface area contributed by atoms with E-state index in [2.05, 4.69) is 38.8 Å². The highest BCUT2D eigenvalue weighted by Crippen LogP contribution is 2.27. The first-order valence-electron chi connectivity index (χ1n) is 7.34. The maximum atomic E-state index is 5.85. The summed E-state index contributed by atoms with van der Waals surface area (Å²) < 4.78 is 1.01. The molecule has 1 aliphatic rings. The fourth-order valence-corrected chi connectivity index (χ4v) is 3.36. The van der Waals surface area contributed by atoms with Crippen molar-refractivity contribution in [2.75, 3.05) is 18.0 Å². The highest BCUT2D eigenvalue weighted by Gasteiger charge is 2.19. The largest absolute Gasteiger partial charge is 0.356 e. The molecule has 1 aromatic rings. The summed E-state index contributed by atoms with van der Waals surface area (Å²) in [6.45, 7) is 5.07. The summed E-state index contributed by atoms with van der Waals surface area (Å²) >= 11 is 3.47. The molecule has 19 heavy (non-hydrogen) atoms. The van der Waals surface area contributed by atoms with Gasteiger partial charge in [0.1, 0.15) is 5.82 Å². The zero-order valence-electron chi connectivity index (χ0n) is 11.7. The van der Waals surface area contributed by atoms with Crippen LogP contribution in [0.4, 0.5) is 5.82 Å². The number of halogens is 1. The number of nitrogens with two attached hydrogens (primary N) is 1. The molecule has 2 rings (SSSR count). The van der Waals surface area contributed by atoms with E-state index in [1.165, 1.54) is 32.1 Å². The van der Waals surface area contributed by atoms with Gasteiger partial charge in [0.2, 0.25) is 0 Å². The molecular formula is C15H24BrN3. The van der Waals surface area contributed by atoms with Gasteiger partial charge in [0, 0.05) is 35.9 Å². The smallest absolute Gasteiger partial charge is 0.133 e. The Labute approximate surface area is 124 Å². The second kappa shape index (κ2) is 7.25. The standard InChI is InChI=1S/C15H24BrN3/c1-2-4-12-5-3-7-19(8-6-12)15-13(10-17)9-14(16)11-18-15/h9,11-12H,2-8,10,17H2,1H3. The molecule has 1 saturated heterocycles. The molecule has 2 N–H and O–H groups in total. The van der Waals surface area contributed by atoms with Gasteiger partial charge in [-0.3, -0.25) is 0 Å². The van der Waals surface area contributed by atoms with Crippen LogP contribution in [0.3, 0.4) is 0 Å². The predicted octanol–water partition coefficient (Wildman–Crippen LogP) is 3.71. The topological polar surface area (TPSA) is 42.2 Å². The lowest BCUT2D eigenvalue weighted by Gasteiger charge is -2.24. The molecule has 0 saturated carbocycles. The van der Waals surface area contributed by atoms with E-state index in [0.29, 0.717) is 6.54 Å². The van der Waals surface area contributed by atoms with Gasteiger partial charge in [0.05, 0.1) is 0 Å². The van der Waals surface area contributed by atoms with Gasteiger partial charge in [-0.05, 0) is 47.2 Å². The van der Waals surface area contributed by atoms with E-state index in [9.17, 15) is 0 Å². The number of nitrogens with zero attached hydrogens (tertiary/aromatic N) is 2. The monoisotopic (exact) mass is 325 g/mol. The van der Waals surface area contributed by atoms with E-state index in [4.69, 9.17) is 5.73 Å². The van der Waals surface area contributed by atoms with Crippen LogP contribution in [0.2, 0.25) is 0 Å². The van der Waals surface area contributed by atoms with Crippen molar-refractivity contribution in [1.29, 1.82) is 0 Å². The second-order valence-corrected chi connectivity index (χ2v) is 6.33. The van der Waals surface area contributed by atoms with Crippen LogP contribution in [0.15, 0.2) is 16.7 Å². The van der Waals surface area contributed by atoms with E-state index >= 15 is 0 Å². The predicted molar refractivity (Wildman–Crippen MR) is 84.3 cm³/mol. The maximum absolute atomic E-state index is 5.85. The van der Waals surface area contributed by atoms with Crippen molar-refractivity contribution in [2.45, 2.75) is 45.6 Å². The van der Waals surface area contributed by atoms with Crippen LogP contribution in [0.1, 0.15) is 44.6 Å². The fourth-order valence-electron chi connectivity index (χ4n) is 2.98. The summed E-state index contributed by atoms with van der Waals surface area (Å²) in [4.78, 5) is 7.01. The third kappa shape index (κ3) is 3.93. The van der Waals surface area contributed by atoms with E-state index in [0.717, 1.165) is 34.9 Å². The second-order valence-electron chi connectivity index (χ2n) is 5.41. The lowest BCUT2D eigenvalue weighted by atomic mass is 9.96. The van der Waals surface area contributed by atoms with Crippen LogP contribution < -0.4 is 10.6 Å². The molecule has 0 spiro atoms. The Morgan fingerprint density at radius 1 is 1.42 bits per heavy atom.